The lowest BCUT2D eigenvalue weighted by atomic mass is 9.92. The Labute approximate surface area is 112 Å². The Balaban J connectivity index is 1.78. The number of rotatable bonds is 2. The standard InChI is InChI=1S/C12H20N2OS2/c1-9-5-10(2)7-14(6-9)11(15)8-17-12-13-3-4-16-12/h9-10H,3-8H2,1-2H3/t9-,10-/m0/s1. The van der Waals surface area contributed by atoms with E-state index in [9.17, 15) is 4.79 Å². The van der Waals surface area contributed by atoms with Crippen molar-refractivity contribution in [3.63, 3.8) is 0 Å². The molecule has 5 heteroatoms. The van der Waals surface area contributed by atoms with Gasteiger partial charge < -0.3 is 4.90 Å². The highest BCUT2D eigenvalue weighted by molar-refractivity contribution is 8.39. The molecule has 0 aliphatic carbocycles. The minimum Gasteiger partial charge on any atom is -0.341 e. The lowest BCUT2D eigenvalue weighted by molar-refractivity contribution is -0.130. The molecule has 0 N–H and O–H groups in total. The van der Waals surface area contributed by atoms with Crippen LogP contribution in [0, 0.1) is 11.8 Å². The van der Waals surface area contributed by atoms with Crippen molar-refractivity contribution in [1.29, 1.82) is 0 Å². The lowest BCUT2D eigenvalue weighted by Gasteiger charge is -2.35. The van der Waals surface area contributed by atoms with Crippen molar-refractivity contribution < 1.29 is 4.79 Å². The summed E-state index contributed by atoms with van der Waals surface area (Å²) in [7, 11) is 0. The van der Waals surface area contributed by atoms with E-state index < -0.39 is 0 Å². The predicted molar refractivity (Wildman–Crippen MR) is 76.7 cm³/mol. The van der Waals surface area contributed by atoms with Crippen LogP contribution in [0.15, 0.2) is 4.99 Å². The van der Waals surface area contributed by atoms with Crippen LogP contribution in [-0.4, -0.2) is 46.3 Å². The van der Waals surface area contributed by atoms with Crippen LogP contribution in [-0.2, 0) is 4.79 Å². The molecule has 17 heavy (non-hydrogen) atoms. The number of nitrogens with zero attached hydrogens (tertiary/aromatic N) is 2. The second-order valence-electron chi connectivity index (χ2n) is 5.03. The van der Waals surface area contributed by atoms with Gasteiger partial charge in [-0.05, 0) is 18.3 Å². The summed E-state index contributed by atoms with van der Waals surface area (Å²) in [5, 5.41) is 0. The minimum absolute atomic E-state index is 0.281. The maximum Gasteiger partial charge on any atom is 0.233 e. The number of likely N-dealkylation sites (tertiary alicyclic amines) is 1. The summed E-state index contributed by atoms with van der Waals surface area (Å²) in [6.45, 7) is 7.26. The first-order valence-corrected chi connectivity index (χ1v) is 8.20. The molecule has 0 radical (unpaired) electrons. The fourth-order valence-electron chi connectivity index (χ4n) is 2.48. The fraction of sp³-hybridized carbons (Fsp3) is 0.833. The van der Waals surface area contributed by atoms with Gasteiger partial charge in [0.1, 0.15) is 4.38 Å². The highest BCUT2D eigenvalue weighted by Gasteiger charge is 2.25. The second kappa shape index (κ2) is 6.14. The van der Waals surface area contributed by atoms with Crippen molar-refractivity contribution in [2.24, 2.45) is 16.8 Å². The average Bonchev–Trinajstić information content (AvgIpc) is 2.77. The van der Waals surface area contributed by atoms with Crippen molar-refractivity contribution in [3.8, 4) is 0 Å². The highest BCUT2D eigenvalue weighted by Crippen LogP contribution is 2.24. The average molecular weight is 272 g/mol. The number of hydrogen-bond donors (Lipinski definition) is 0. The molecule has 1 saturated heterocycles. The number of amides is 1. The van der Waals surface area contributed by atoms with Crippen LogP contribution in [0.4, 0.5) is 0 Å². The third kappa shape index (κ3) is 3.91. The topological polar surface area (TPSA) is 32.7 Å². The normalized spacial score (nSPS) is 29.3. The third-order valence-electron chi connectivity index (χ3n) is 3.10. The lowest BCUT2D eigenvalue weighted by Crippen LogP contribution is -2.43. The molecular formula is C12H20N2OS2. The molecule has 0 spiro atoms. The van der Waals surface area contributed by atoms with Gasteiger partial charge in [0.05, 0.1) is 12.3 Å². The van der Waals surface area contributed by atoms with E-state index in [0.29, 0.717) is 17.6 Å². The number of aliphatic imine (C=N–C) groups is 1. The van der Waals surface area contributed by atoms with Gasteiger partial charge in [0.2, 0.25) is 5.91 Å². The number of carbonyl (C=O) groups is 1. The van der Waals surface area contributed by atoms with E-state index in [4.69, 9.17) is 0 Å². The molecule has 3 nitrogen and oxygen atoms in total. The van der Waals surface area contributed by atoms with E-state index in [1.54, 1.807) is 23.5 Å². The summed E-state index contributed by atoms with van der Waals surface area (Å²) in [6, 6.07) is 0. The van der Waals surface area contributed by atoms with Gasteiger partial charge in [0.25, 0.3) is 0 Å². The van der Waals surface area contributed by atoms with Gasteiger partial charge in [-0.1, -0.05) is 37.4 Å². The smallest absolute Gasteiger partial charge is 0.233 e. The maximum atomic E-state index is 12.1. The summed E-state index contributed by atoms with van der Waals surface area (Å²) in [5.41, 5.74) is 0. The summed E-state index contributed by atoms with van der Waals surface area (Å²) in [5.74, 6) is 3.21. The Morgan fingerprint density at radius 2 is 2.18 bits per heavy atom. The van der Waals surface area contributed by atoms with Crippen molar-refractivity contribution >= 4 is 33.8 Å². The zero-order chi connectivity index (χ0) is 12.3. The fourth-order valence-corrected chi connectivity index (χ4v) is 4.40. The third-order valence-corrected chi connectivity index (χ3v) is 5.34. The van der Waals surface area contributed by atoms with Gasteiger partial charge in [-0.3, -0.25) is 9.79 Å². The van der Waals surface area contributed by atoms with Crippen LogP contribution in [0.25, 0.3) is 0 Å². The molecule has 96 valence electrons. The largest absolute Gasteiger partial charge is 0.341 e. The molecule has 2 aliphatic rings. The van der Waals surface area contributed by atoms with E-state index in [1.165, 1.54) is 6.42 Å². The molecule has 0 unspecified atom stereocenters. The molecule has 0 saturated carbocycles. The first-order valence-electron chi connectivity index (χ1n) is 6.23. The van der Waals surface area contributed by atoms with Crippen LogP contribution < -0.4 is 0 Å². The number of piperidine rings is 1. The molecule has 2 atom stereocenters. The number of carbonyl (C=O) groups excluding carboxylic acids is 1. The van der Waals surface area contributed by atoms with Crippen molar-refractivity contribution in [2.75, 3.05) is 31.1 Å². The monoisotopic (exact) mass is 272 g/mol. The maximum absolute atomic E-state index is 12.1. The zero-order valence-electron chi connectivity index (χ0n) is 10.5. The van der Waals surface area contributed by atoms with Crippen LogP contribution >= 0.6 is 23.5 Å². The van der Waals surface area contributed by atoms with Gasteiger partial charge >= 0.3 is 0 Å². The molecule has 0 bridgehead atoms. The first-order chi connectivity index (χ1) is 8.15. The van der Waals surface area contributed by atoms with Crippen molar-refractivity contribution in [3.05, 3.63) is 0 Å². The van der Waals surface area contributed by atoms with Gasteiger partial charge in [-0.15, -0.1) is 0 Å². The minimum atomic E-state index is 0.281. The van der Waals surface area contributed by atoms with Gasteiger partial charge in [-0.2, -0.15) is 0 Å². The number of thioether (sulfide) groups is 2. The highest BCUT2D eigenvalue weighted by atomic mass is 32.2. The quantitative estimate of drug-likeness (QED) is 0.773. The van der Waals surface area contributed by atoms with Crippen LogP contribution in [0.2, 0.25) is 0 Å². The molecule has 2 heterocycles. The van der Waals surface area contributed by atoms with E-state index in [1.807, 2.05) is 4.90 Å². The van der Waals surface area contributed by atoms with Crippen LogP contribution in [0.5, 0.6) is 0 Å². The van der Waals surface area contributed by atoms with E-state index in [0.717, 1.165) is 29.8 Å². The van der Waals surface area contributed by atoms with Crippen LogP contribution in [0.1, 0.15) is 20.3 Å². The summed E-state index contributed by atoms with van der Waals surface area (Å²) >= 11 is 3.38. The van der Waals surface area contributed by atoms with Gasteiger partial charge in [0, 0.05) is 18.8 Å². The molecule has 0 aromatic heterocycles. The SMILES string of the molecule is C[C@H]1C[C@H](C)CN(C(=O)CSC2=NCCS2)C1. The Morgan fingerprint density at radius 1 is 1.47 bits per heavy atom. The summed E-state index contributed by atoms with van der Waals surface area (Å²) < 4.78 is 1.09. The van der Waals surface area contributed by atoms with Crippen molar-refractivity contribution in [2.45, 2.75) is 20.3 Å². The van der Waals surface area contributed by atoms with E-state index in [-0.39, 0.29) is 5.91 Å². The second-order valence-corrected chi connectivity index (χ2v) is 7.34. The Morgan fingerprint density at radius 3 is 2.76 bits per heavy atom. The Bertz CT molecular complexity index is 310. The summed E-state index contributed by atoms with van der Waals surface area (Å²) in [4.78, 5) is 18.5. The van der Waals surface area contributed by atoms with Gasteiger partial charge in [-0.25, -0.2) is 0 Å². The summed E-state index contributed by atoms with van der Waals surface area (Å²) in [6.07, 6.45) is 1.25. The van der Waals surface area contributed by atoms with Crippen molar-refractivity contribution in [1.82, 2.24) is 4.90 Å². The molecule has 2 rings (SSSR count). The van der Waals surface area contributed by atoms with Crippen LogP contribution in [0.3, 0.4) is 0 Å². The van der Waals surface area contributed by atoms with E-state index in [2.05, 4.69) is 18.8 Å². The Kier molecular flexibility index (Phi) is 4.79. The number of hydrogen-bond acceptors (Lipinski definition) is 4. The molecular weight excluding hydrogens is 252 g/mol. The first kappa shape index (κ1) is 13.3. The molecule has 1 amide bonds. The zero-order valence-corrected chi connectivity index (χ0v) is 12.1. The molecule has 0 aromatic carbocycles. The Hall–Kier alpha value is -0.160. The van der Waals surface area contributed by atoms with E-state index >= 15 is 0 Å². The molecule has 0 aromatic rings. The molecule has 1 fully saturated rings. The predicted octanol–water partition coefficient (Wildman–Crippen LogP) is 2.33. The van der Waals surface area contributed by atoms with Gasteiger partial charge in [0.15, 0.2) is 0 Å². The molecule has 2 aliphatic heterocycles.